The van der Waals surface area contributed by atoms with Crippen molar-refractivity contribution in [2.24, 2.45) is 0 Å². The van der Waals surface area contributed by atoms with Gasteiger partial charge < -0.3 is 0 Å². The predicted molar refractivity (Wildman–Crippen MR) is 175 cm³/mol. The first kappa shape index (κ1) is 25.8. The predicted octanol–water partition coefficient (Wildman–Crippen LogP) is 7.99. The van der Waals surface area contributed by atoms with Crippen molar-refractivity contribution in [3.63, 3.8) is 0 Å². The number of nitrogens with zero attached hydrogens (tertiary/aromatic N) is 6. The molecule has 8 rings (SSSR count). The van der Waals surface area contributed by atoms with Gasteiger partial charge in [-0.1, -0.05) is 66.7 Å². The molecule has 6 nitrogen and oxygen atoms in total. The van der Waals surface area contributed by atoms with Crippen LogP contribution in [0.4, 0.5) is 0 Å². The third kappa shape index (κ3) is 4.36. The van der Waals surface area contributed by atoms with Gasteiger partial charge in [0.1, 0.15) is 11.6 Å². The van der Waals surface area contributed by atoms with Crippen LogP contribution in [0.5, 0.6) is 0 Å². The van der Waals surface area contributed by atoms with Gasteiger partial charge in [0.2, 0.25) is 5.69 Å². The zero-order chi connectivity index (χ0) is 29.6. The summed E-state index contributed by atoms with van der Waals surface area (Å²) in [6.45, 7) is 4.24. The van der Waals surface area contributed by atoms with Crippen LogP contribution in [0.25, 0.3) is 61.9 Å². The summed E-state index contributed by atoms with van der Waals surface area (Å²) in [5.41, 5.74) is 11.6. The standard InChI is InChI=1S/C38H29N6/c1-26-13-14-33-32(23-26)40-37(28-9-5-3-6-10-28)43(33)31-17-21-42(22-18-31)34-24-27(2)25-35-36(34)41-38(29-11-7-4-8-12-29)44(35)30-15-19-39-20-16-30/h3-25H,1-2H3/q+1. The Labute approximate surface area is 255 Å². The Morgan fingerprint density at radius 2 is 1.16 bits per heavy atom. The van der Waals surface area contributed by atoms with Crippen LogP contribution in [-0.2, 0) is 0 Å². The number of hydrogen-bond donors (Lipinski definition) is 0. The molecule has 0 saturated heterocycles. The van der Waals surface area contributed by atoms with Gasteiger partial charge in [-0.3, -0.25) is 14.1 Å². The summed E-state index contributed by atoms with van der Waals surface area (Å²) in [7, 11) is 0. The number of rotatable bonds is 5. The number of imidazole rings is 2. The number of fused-ring (bicyclic) bond motifs is 2. The van der Waals surface area contributed by atoms with Crippen molar-refractivity contribution in [2.45, 2.75) is 13.8 Å². The van der Waals surface area contributed by atoms with Crippen molar-refractivity contribution in [1.82, 2.24) is 24.1 Å². The lowest BCUT2D eigenvalue weighted by molar-refractivity contribution is -0.594. The Balaban J connectivity index is 1.31. The number of hydrogen-bond acceptors (Lipinski definition) is 3. The number of aromatic nitrogens is 6. The Morgan fingerprint density at radius 3 is 1.84 bits per heavy atom. The van der Waals surface area contributed by atoms with Gasteiger partial charge in [-0.15, -0.1) is 0 Å². The highest BCUT2D eigenvalue weighted by Gasteiger charge is 2.22. The molecule has 0 aliphatic rings. The van der Waals surface area contributed by atoms with Crippen molar-refractivity contribution < 1.29 is 4.57 Å². The minimum Gasteiger partial charge on any atom is -0.292 e. The molecule has 210 valence electrons. The van der Waals surface area contributed by atoms with Crippen LogP contribution in [0.2, 0.25) is 0 Å². The molecular weight excluding hydrogens is 540 g/mol. The molecule has 0 amide bonds. The quantitative estimate of drug-likeness (QED) is 0.198. The molecule has 4 aromatic heterocycles. The Bertz CT molecular complexity index is 2270. The Hall–Kier alpha value is -5.88. The van der Waals surface area contributed by atoms with Crippen molar-refractivity contribution >= 4 is 22.1 Å². The van der Waals surface area contributed by atoms with Crippen LogP contribution in [0.15, 0.2) is 140 Å². The molecule has 0 spiro atoms. The molecule has 0 fully saturated rings. The lowest BCUT2D eigenvalue weighted by Gasteiger charge is -2.10. The monoisotopic (exact) mass is 569 g/mol. The van der Waals surface area contributed by atoms with E-state index in [9.17, 15) is 0 Å². The second-order valence-electron chi connectivity index (χ2n) is 11.1. The Morgan fingerprint density at radius 1 is 0.545 bits per heavy atom. The molecule has 0 N–H and O–H groups in total. The highest BCUT2D eigenvalue weighted by molar-refractivity contribution is 5.89. The molecule has 4 aromatic carbocycles. The Kier molecular flexibility index (Phi) is 6.12. The van der Waals surface area contributed by atoms with Crippen LogP contribution in [-0.4, -0.2) is 24.1 Å². The first-order chi connectivity index (χ1) is 21.6. The van der Waals surface area contributed by atoms with E-state index >= 15 is 0 Å². The molecule has 0 unspecified atom stereocenters. The van der Waals surface area contributed by atoms with Crippen LogP contribution < -0.4 is 4.57 Å². The van der Waals surface area contributed by atoms with Crippen molar-refractivity contribution in [3.8, 4) is 39.8 Å². The molecule has 6 heteroatoms. The molecule has 0 saturated carbocycles. The highest BCUT2D eigenvalue weighted by Crippen LogP contribution is 2.32. The molecule has 44 heavy (non-hydrogen) atoms. The van der Waals surface area contributed by atoms with Crippen molar-refractivity contribution in [2.75, 3.05) is 0 Å². The minimum absolute atomic E-state index is 0.892. The van der Waals surface area contributed by atoms with E-state index in [2.05, 4.69) is 136 Å². The second kappa shape index (κ2) is 10.4. The van der Waals surface area contributed by atoms with Crippen LogP contribution in [0, 0.1) is 13.8 Å². The van der Waals surface area contributed by atoms with Gasteiger partial charge in [-0.05, 0) is 55.3 Å². The average molecular weight is 570 g/mol. The molecule has 4 heterocycles. The second-order valence-corrected chi connectivity index (χ2v) is 11.1. The van der Waals surface area contributed by atoms with Gasteiger partial charge in [0, 0.05) is 41.7 Å². The smallest absolute Gasteiger partial charge is 0.238 e. The van der Waals surface area contributed by atoms with E-state index in [1.165, 1.54) is 5.56 Å². The minimum atomic E-state index is 0.892. The summed E-state index contributed by atoms with van der Waals surface area (Å²) in [5, 5.41) is 0. The van der Waals surface area contributed by atoms with Gasteiger partial charge in [0.15, 0.2) is 17.9 Å². The zero-order valence-corrected chi connectivity index (χ0v) is 24.5. The fourth-order valence-electron chi connectivity index (χ4n) is 5.99. The molecule has 0 bridgehead atoms. The average Bonchev–Trinajstić information content (AvgIpc) is 3.64. The zero-order valence-electron chi connectivity index (χ0n) is 24.5. The summed E-state index contributed by atoms with van der Waals surface area (Å²) >= 11 is 0. The number of benzene rings is 4. The fourth-order valence-corrected chi connectivity index (χ4v) is 5.99. The summed E-state index contributed by atoms with van der Waals surface area (Å²) in [6, 6.07) is 39.9. The van der Waals surface area contributed by atoms with Gasteiger partial charge in [0.05, 0.1) is 27.9 Å². The van der Waals surface area contributed by atoms with E-state index in [4.69, 9.17) is 9.97 Å². The first-order valence-corrected chi connectivity index (χ1v) is 14.7. The van der Waals surface area contributed by atoms with E-state index in [-0.39, 0.29) is 0 Å². The maximum atomic E-state index is 5.26. The topological polar surface area (TPSA) is 52.4 Å². The lowest BCUT2D eigenvalue weighted by Crippen LogP contribution is -2.30. The molecule has 0 atom stereocenters. The van der Waals surface area contributed by atoms with E-state index < -0.39 is 0 Å². The van der Waals surface area contributed by atoms with Gasteiger partial charge in [0.25, 0.3) is 0 Å². The third-order valence-corrected chi connectivity index (χ3v) is 8.03. The summed E-state index contributed by atoms with van der Waals surface area (Å²) in [4.78, 5) is 14.6. The molecule has 0 aliphatic carbocycles. The van der Waals surface area contributed by atoms with Crippen LogP contribution >= 0.6 is 0 Å². The SMILES string of the molecule is Cc1ccc2c(c1)nc(-c1ccccc1)n2-c1cc[n+](-c2cc(C)cc3c2nc(-c2ccccc2)n3-c2ccncc2)cc1. The molecule has 8 aromatic rings. The van der Waals surface area contributed by atoms with Crippen LogP contribution in [0.3, 0.4) is 0 Å². The van der Waals surface area contributed by atoms with E-state index in [1.807, 2.05) is 36.7 Å². The molecular formula is C38H29N6+. The van der Waals surface area contributed by atoms with E-state index in [1.54, 1.807) is 0 Å². The van der Waals surface area contributed by atoms with Crippen molar-refractivity contribution in [1.29, 1.82) is 0 Å². The van der Waals surface area contributed by atoms with Crippen molar-refractivity contribution in [3.05, 3.63) is 151 Å². The number of aryl methyl sites for hydroxylation is 2. The highest BCUT2D eigenvalue weighted by atomic mass is 15.1. The largest absolute Gasteiger partial charge is 0.292 e. The van der Waals surface area contributed by atoms with Gasteiger partial charge in [-0.25, -0.2) is 9.97 Å². The normalized spacial score (nSPS) is 11.4. The van der Waals surface area contributed by atoms with E-state index in [0.717, 1.165) is 67.5 Å². The van der Waals surface area contributed by atoms with Gasteiger partial charge in [-0.2, -0.15) is 4.57 Å². The van der Waals surface area contributed by atoms with E-state index in [0.29, 0.717) is 0 Å². The van der Waals surface area contributed by atoms with Crippen LogP contribution in [0.1, 0.15) is 11.1 Å². The maximum Gasteiger partial charge on any atom is 0.238 e. The molecule has 0 aliphatic heterocycles. The maximum absolute atomic E-state index is 5.26. The summed E-state index contributed by atoms with van der Waals surface area (Å²) < 4.78 is 6.62. The lowest BCUT2D eigenvalue weighted by atomic mass is 10.1. The third-order valence-electron chi connectivity index (χ3n) is 8.03. The number of pyridine rings is 2. The summed E-state index contributed by atoms with van der Waals surface area (Å²) in [5.74, 6) is 1.81. The fraction of sp³-hybridized carbons (Fsp3) is 0.0526. The first-order valence-electron chi connectivity index (χ1n) is 14.7. The van der Waals surface area contributed by atoms with Gasteiger partial charge >= 0.3 is 0 Å². The molecule has 0 radical (unpaired) electrons. The summed E-state index contributed by atoms with van der Waals surface area (Å²) in [6.07, 6.45) is 7.88.